The molecule has 5 nitrogen and oxygen atoms in total. The van der Waals surface area contributed by atoms with Crippen LogP contribution in [-0.2, 0) is 14.6 Å². The summed E-state index contributed by atoms with van der Waals surface area (Å²) in [6, 6.07) is 6.69. The monoisotopic (exact) mass is 299 g/mol. The van der Waals surface area contributed by atoms with E-state index in [2.05, 4.69) is 0 Å². The third kappa shape index (κ3) is 3.50. The molecule has 1 aromatic rings. The predicted molar refractivity (Wildman–Crippen MR) is 77.6 cm³/mol. The maximum Gasteiger partial charge on any atom is 0.155 e. The van der Waals surface area contributed by atoms with E-state index in [-0.39, 0.29) is 11.0 Å². The van der Waals surface area contributed by atoms with Gasteiger partial charge in [0, 0.05) is 24.8 Å². The molecule has 0 aliphatic carbocycles. The number of rotatable bonds is 5. The SMILES string of the molecule is COc1ccccc1C(N)CS(=O)(=O)C1CCOCC1. The quantitative estimate of drug-likeness (QED) is 0.886. The van der Waals surface area contributed by atoms with Crippen molar-refractivity contribution in [1.29, 1.82) is 0 Å². The minimum Gasteiger partial charge on any atom is -0.496 e. The second-order valence-electron chi connectivity index (χ2n) is 4.99. The first-order valence-corrected chi connectivity index (χ1v) is 8.44. The minimum absolute atomic E-state index is 0.0575. The lowest BCUT2D eigenvalue weighted by molar-refractivity contribution is 0.0983. The van der Waals surface area contributed by atoms with E-state index in [4.69, 9.17) is 15.2 Å². The summed E-state index contributed by atoms with van der Waals surface area (Å²) in [6.45, 7) is 1.02. The van der Waals surface area contributed by atoms with Crippen molar-refractivity contribution in [3.63, 3.8) is 0 Å². The number of nitrogens with two attached hydrogens (primary N) is 1. The highest BCUT2D eigenvalue weighted by atomic mass is 32.2. The lowest BCUT2D eigenvalue weighted by atomic mass is 10.1. The van der Waals surface area contributed by atoms with E-state index in [0.29, 0.717) is 31.8 Å². The summed E-state index contributed by atoms with van der Waals surface area (Å²) in [5, 5.41) is -0.336. The number of methoxy groups -OCH3 is 1. The first-order chi connectivity index (χ1) is 9.54. The van der Waals surface area contributed by atoms with Gasteiger partial charge in [0.1, 0.15) is 5.75 Å². The normalized spacial score (nSPS) is 18.7. The van der Waals surface area contributed by atoms with E-state index in [9.17, 15) is 8.42 Å². The van der Waals surface area contributed by atoms with Crippen LogP contribution in [0, 0.1) is 0 Å². The Balaban J connectivity index is 2.11. The van der Waals surface area contributed by atoms with Crippen LogP contribution >= 0.6 is 0 Å². The fourth-order valence-corrected chi connectivity index (χ4v) is 4.35. The standard InChI is InChI=1S/C14H21NO4S/c1-18-14-5-3-2-4-12(14)13(15)10-20(16,17)11-6-8-19-9-7-11/h2-5,11,13H,6-10,15H2,1H3. The van der Waals surface area contributed by atoms with Gasteiger partial charge in [-0.2, -0.15) is 0 Å². The van der Waals surface area contributed by atoms with Crippen molar-refractivity contribution >= 4 is 9.84 Å². The molecule has 0 bridgehead atoms. The lowest BCUT2D eigenvalue weighted by Crippen LogP contribution is -2.34. The van der Waals surface area contributed by atoms with Gasteiger partial charge in [-0.15, -0.1) is 0 Å². The molecule has 0 aromatic heterocycles. The summed E-state index contributed by atoms with van der Waals surface area (Å²) in [5.41, 5.74) is 6.80. The van der Waals surface area contributed by atoms with Gasteiger partial charge < -0.3 is 15.2 Å². The molecule has 1 fully saturated rings. The van der Waals surface area contributed by atoms with E-state index in [0.717, 1.165) is 5.56 Å². The Kier molecular flexibility index (Phi) is 5.01. The summed E-state index contributed by atoms with van der Waals surface area (Å²) in [4.78, 5) is 0. The molecule has 1 saturated heterocycles. The molecule has 0 saturated carbocycles. The summed E-state index contributed by atoms with van der Waals surface area (Å²) in [6.07, 6.45) is 1.11. The first-order valence-electron chi connectivity index (χ1n) is 6.72. The van der Waals surface area contributed by atoms with E-state index in [1.807, 2.05) is 18.2 Å². The van der Waals surface area contributed by atoms with E-state index < -0.39 is 15.9 Å². The van der Waals surface area contributed by atoms with Crippen LogP contribution in [0.15, 0.2) is 24.3 Å². The topological polar surface area (TPSA) is 78.6 Å². The average Bonchev–Trinajstić information content (AvgIpc) is 2.47. The Morgan fingerprint density at radius 1 is 1.35 bits per heavy atom. The minimum atomic E-state index is -3.22. The van der Waals surface area contributed by atoms with E-state index >= 15 is 0 Å². The van der Waals surface area contributed by atoms with Crippen molar-refractivity contribution in [3.8, 4) is 5.75 Å². The fourth-order valence-electron chi connectivity index (χ4n) is 2.48. The molecule has 112 valence electrons. The zero-order chi connectivity index (χ0) is 14.6. The van der Waals surface area contributed by atoms with Crippen LogP contribution in [0.1, 0.15) is 24.4 Å². The second-order valence-corrected chi connectivity index (χ2v) is 7.32. The third-order valence-electron chi connectivity index (χ3n) is 3.63. The van der Waals surface area contributed by atoms with Gasteiger partial charge in [-0.05, 0) is 18.9 Å². The van der Waals surface area contributed by atoms with Crippen molar-refractivity contribution < 1.29 is 17.9 Å². The van der Waals surface area contributed by atoms with Crippen molar-refractivity contribution in [1.82, 2.24) is 0 Å². The fraction of sp³-hybridized carbons (Fsp3) is 0.571. The molecule has 0 radical (unpaired) electrons. The molecule has 1 atom stereocenters. The number of benzene rings is 1. The van der Waals surface area contributed by atoms with Gasteiger partial charge in [0.05, 0.1) is 18.1 Å². The maximum atomic E-state index is 12.4. The molecule has 1 aliphatic heterocycles. The smallest absolute Gasteiger partial charge is 0.155 e. The molecule has 0 spiro atoms. The highest BCUT2D eigenvalue weighted by molar-refractivity contribution is 7.92. The summed E-state index contributed by atoms with van der Waals surface area (Å²) in [5.74, 6) is 0.570. The molecular weight excluding hydrogens is 278 g/mol. The van der Waals surface area contributed by atoms with Gasteiger partial charge in [-0.1, -0.05) is 18.2 Å². The predicted octanol–water partition coefficient (Wildman–Crippen LogP) is 1.29. The van der Waals surface area contributed by atoms with Crippen molar-refractivity contribution in [3.05, 3.63) is 29.8 Å². The molecule has 0 amide bonds. The van der Waals surface area contributed by atoms with Gasteiger partial charge in [0.25, 0.3) is 0 Å². The Morgan fingerprint density at radius 2 is 2.00 bits per heavy atom. The number of hydrogen-bond donors (Lipinski definition) is 1. The van der Waals surface area contributed by atoms with Crippen LogP contribution in [0.2, 0.25) is 0 Å². The summed E-state index contributed by atoms with van der Waals surface area (Å²) >= 11 is 0. The van der Waals surface area contributed by atoms with Gasteiger partial charge in [-0.25, -0.2) is 8.42 Å². The molecule has 1 aromatic carbocycles. The molecule has 1 aliphatic rings. The largest absolute Gasteiger partial charge is 0.496 e. The average molecular weight is 299 g/mol. The summed E-state index contributed by atoms with van der Waals surface area (Å²) < 4.78 is 35.2. The molecule has 20 heavy (non-hydrogen) atoms. The second kappa shape index (κ2) is 6.56. The van der Waals surface area contributed by atoms with Crippen LogP contribution in [-0.4, -0.2) is 39.7 Å². The third-order valence-corrected chi connectivity index (χ3v) is 5.94. The first kappa shape index (κ1) is 15.3. The van der Waals surface area contributed by atoms with Crippen molar-refractivity contribution in [2.75, 3.05) is 26.1 Å². The number of ether oxygens (including phenoxy) is 2. The zero-order valence-corrected chi connectivity index (χ0v) is 12.4. The Hall–Kier alpha value is -1.11. The van der Waals surface area contributed by atoms with E-state index in [1.54, 1.807) is 13.2 Å². The molecule has 1 heterocycles. The Morgan fingerprint density at radius 3 is 2.65 bits per heavy atom. The van der Waals surface area contributed by atoms with Gasteiger partial charge in [-0.3, -0.25) is 0 Å². The van der Waals surface area contributed by atoms with Crippen LogP contribution in [0.5, 0.6) is 5.75 Å². The van der Waals surface area contributed by atoms with Crippen molar-refractivity contribution in [2.24, 2.45) is 5.73 Å². The number of para-hydroxylation sites is 1. The maximum absolute atomic E-state index is 12.4. The van der Waals surface area contributed by atoms with Crippen LogP contribution in [0.25, 0.3) is 0 Å². The van der Waals surface area contributed by atoms with Crippen LogP contribution in [0.3, 0.4) is 0 Å². The number of sulfone groups is 1. The lowest BCUT2D eigenvalue weighted by Gasteiger charge is -2.24. The molecular formula is C14H21NO4S. The highest BCUT2D eigenvalue weighted by Crippen LogP contribution is 2.26. The van der Waals surface area contributed by atoms with Crippen molar-refractivity contribution in [2.45, 2.75) is 24.1 Å². The number of hydrogen-bond acceptors (Lipinski definition) is 5. The Labute approximate surface area is 120 Å². The Bertz CT molecular complexity index is 538. The van der Waals surface area contributed by atoms with Crippen LogP contribution < -0.4 is 10.5 Å². The van der Waals surface area contributed by atoms with Gasteiger partial charge >= 0.3 is 0 Å². The molecule has 2 N–H and O–H groups in total. The van der Waals surface area contributed by atoms with Gasteiger partial charge in [0.15, 0.2) is 9.84 Å². The molecule has 1 unspecified atom stereocenters. The highest BCUT2D eigenvalue weighted by Gasteiger charge is 2.30. The van der Waals surface area contributed by atoms with Gasteiger partial charge in [0.2, 0.25) is 0 Å². The van der Waals surface area contributed by atoms with E-state index in [1.165, 1.54) is 0 Å². The molecule has 6 heteroatoms. The zero-order valence-electron chi connectivity index (χ0n) is 11.6. The summed E-state index contributed by atoms with van der Waals surface area (Å²) in [7, 11) is -1.66. The van der Waals surface area contributed by atoms with Crippen LogP contribution in [0.4, 0.5) is 0 Å². The molecule has 2 rings (SSSR count).